The molecule has 6 rings (SSSR count). The third-order valence-corrected chi connectivity index (χ3v) is 7.90. The van der Waals surface area contributed by atoms with E-state index in [1.165, 1.54) is 11.1 Å². The zero-order valence-electron chi connectivity index (χ0n) is 22.5. The molecule has 1 saturated carbocycles. The Bertz CT molecular complexity index is 1520. The van der Waals surface area contributed by atoms with Crippen molar-refractivity contribution in [3.63, 3.8) is 0 Å². The van der Waals surface area contributed by atoms with E-state index in [4.69, 9.17) is 4.74 Å². The number of rotatable bonds is 7. The van der Waals surface area contributed by atoms with Gasteiger partial charge >= 0.3 is 6.03 Å². The molecule has 3 amide bonds. The summed E-state index contributed by atoms with van der Waals surface area (Å²) in [5.41, 5.74) is 7.41. The van der Waals surface area contributed by atoms with E-state index >= 15 is 0 Å². The molecule has 2 atom stereocenters. The molecule has 1 aromatic heterocycles. The highest BCUT2D eigenvalue weighted by Crippen LogP contribution is 2.47. The number of carbonyl (C=O) groups excluding carboxylic acids is 2. The molecule has 1 aliphatic heterocycles. The van der Waals surface area contributed by atoms with Crippen LogP contribution in [0.2, 0.25) is 0 Å². The molecule has 4 aromatic rings. The first kappa shape index (κ1) is 25.6. The number of benzene rings is 3. The number of nitrogens with one attached hydrogen (secondary N) is 2. The van der Waals surface area contributed by atoms with Gasteiger partial charge in [0.05, 0.1) is 19.0 Å². The number of aromatic nitrogens is 1. The highest BCUT2D eigenvalue weighted by molar-refractivity contribution is 5.89. The van der Waals surface area contributed by atoms with E-state index in [0.29, 0.717) is 31.7 Å². The van der Waals surface area contributed by atoms with Crippen LogP contribution in [0.5, 0.6) is 5.75 Å². The first-order valence-corrected chi connectivity index (χ1v) is 13.7. The number of urea groups is 1. The van der Waals surface area contributed by atoms with Crippen molar-refractivity contribution in [2.45, 2.75) is 31.8 Å². The molecule has 7 nitrogen and oxygen atoms in total. The predicted octanol–water partition coefficient (Wildman–Crippen LogP) is 5.77. The molecule has 1 fully saturated rings. The zero-order chi connectivity index (χ0) is 27.5. The molecule has 0 saturated heterocycles. The van der Waals surface area contributed by atoms with E-state index in [2.05, 4.69) is 45.9 Å². The molecule has 7 heteroatoms. The number of amides is 3. The van der Waals surface area contributed by atoms with E-state index in [-0.39, 0.29) is 23.8 Å². The summed E-state index contributed by atoms with van der Waals surface area (Å²) < 4.78 is 5.47. The summed E-state index contributed by atoms with van der Waals surface area (Å²) in [6.07, 6.45) is 4.91. The highest BCUT2D eigenvalue weighted by Gasteiger charge is 2.43. The van der Waals surface area contributed by atoms with E-state index in [0.717, 1.165) is 34.4 Å². The van der Waals surface area contributed by atoms with Gasteiger partial charge in [0.25, 0.3) is 0 Å². The molecule has 2 heterocycles. The van der Waals surface area contributed by atoms with Crippen molar-refractivity contribution >= 4 is 17.6 Å². The Morgan fingerprint density at radius 1 is 1.00 bits per heavy atom. The minimum absolute atomic E-state index is 0.0102. The third kappa shape index (κ3) is 5.41. The van der Waals surface area contributed by atoms with Crippen LogP contribution in [0.15, 0.2) is 91.3 Å². The quantitative estimate of drug-likeness (QED) is 0.317. The van der Waals surface area contributed by atoms with Gasteiger partial charge in [0.1, 0.15) is 5.75 Å². The molecule has 1 aliphatic carbocycles. The maximum absolute atomic E-state index is 13.2. The molecule has 0 spiro atoms. The lowest BCUT2D eigenvalue weighted by Gasteiger charge is -2.32. The largest absolute Gasteiger partial charge is 0.497 e. The number of carbonyl (C=O) groups is 2. The Hall–Kier alpha value is -4.65. The van der Waals surface area contributed by atoms with Gasteiger partial charge in [-0.25, -0.2) is 4.79 Å². The monoisotopic (exact) mass is 532 g/mol. The van der Waals surface area contributed by atoms with Gasteiger partial charge in [0, 0.05) is 31.7 Å². The molecule has 0 bridgehead atoms. The lowest BCUT2D eigenvalue weighted by atomic mass is 9.87. The van der Waals surface area contributed by atoms with Gasteiger partial charge in [-0.05, 0) is 76.4 Å². The summed E-state index contributed by atoms with van der Waals surface area (Å²) >= 11 is 0. The van der Waals surface area contributed by atoms with Crippen molar-refractivity contribution in [3.05, 3.63) is 114 Å². The molecule has 0 radical (unpaired) electrons. The van der Waals surface area contributed by atoms with Crippen molar-refractivity contribution in [2.24, 2.45) is 5.92 Å². The second-order valence-electron chi connectivity index (χ2n) is 10.4. The van der Waals surface area contributed by atoms with E-state index in [9.17, 15) is 9.59 Å². The lowest BCUT2D eigenvalue weighted by Crippen LogP contribution is -2.40. The van der Waals surface area contributed by atoms with E-state index in [1.807, 2.05) is 47.4 Å². The Kier molecular flexibility index (Phi) is 7.19. The van der Waals surface area contributed by atoms with Crippen molar-refractivity contribution in [1.82, 2.24) is 15.2 Å². The van der Waals surface area contributed by atoms with Gasteiger partial charge in [-0.15, -0.1) is 0 Å². The number of hydrogen-bond donors (Lipinski definition) is 2. The minimum Gasteiger partial charge on any atom is -0.497 e. The van der Waals surface area contributed by atoms with Crippen LogP contribution in [0.1, 0.15) is 34.6 Å². The van der Waals surface area contributed by atoms with Crippen LogP contribution in [-0.4, -0.2) is 35.5 Å². The molecule has 2 aliphatic rings. The van der Waals surface area contributed by atoms with Gasteiger partial charge in [-0.2, -0.15) is 0 Å². The normalized spacial score (nSPS) is 17.5. The van der Waals surface area contributed by atoms with E-state index < -0.39 is 0 Å². The zero-order valence-corrected chi connectivity index (χ0v) is 22.5. The summed E-state index contributed by atoms with van der Waals surface area (Å²) in [6.45, 7) is 1.48. The molecule has 40 heavy (non-hydrogen) atoms. The number of methoxy groups -OCH3 is 1. The fraction of sp³-hybridized carbons (Fsp3) is 0.242. The summed E-state index contributed by atoms with van der Waals surface area (Å²) in [4.78, 5) is 32.1. The summed E-state index contributed by atoms with van der Waals surface area (Å²) in [5, 5.41) is 6.14. The Morgan fingerprint density at radius 3 is 2.67 bits per heavy atom. The average molecular weight is 533 g/mol. The van der Waals surface area contributed by atoms with Gasteiger partial charge in [-0.3, -0.25) is 9.78 Å². The number of fused-ring (bicyclic) bond motifs is 1. The first-order chi connectivity index (χ1) is 19.6. The fourth-order valence-corrected chi connectivity index (χ4v) is 5.65. The van der Waals surface area contributed by atoms with Gasteiger partial charge in [-0.1, -0.05) is 54.6 Å². The van der Waals surface area contributed by atoms with Crippen LogP contribution in [0.3, 0.4) is 0 Å². The van der Waals surface area contributed by atoms with Crippen molar-refractivity contribution in [2.75, 3.05) is 19.0 Å². The maximum Gasteiger partial charge on any atom is 0.322 e. The molecule has 2 N–H and O–H groups in total. The van der Waals surface area contributed by atoms with Crippen molar-refractivity contribution in [3.8, 4) is 16.9 Å². The first-order valence-electron chi connectivity index (χ1n) is 13.7. The summed E-state index contributed by atoms with van der Waals surface area (Å²) in [6, 6.07) is 25.9. The Labute approximate surface area is 234 Å². The number of hydrogen-bond acceptors (Lipinski definition) is 4. The Morgan fingerprint density at radius 2 is 1.88 bits per heavy atom. The number of pyridine rings is 1. The molecular weight excluding hydrogens is 500 g/mol. The number of anilines is 1. The van der Waals surface area contributed by atoms with Crippen LogP contribution in [0.25, 0.3) is 11.1 Å². The van der Waals surface area contributed by atoms with Gasteiger partial charge in [0.15, 0.2) is 0 Å². The third-order valence-electron chi connectivity index (χ3n) is 7.90. The summed E-state index contributed by atoms with van der Waals surface area (Å²) in [5.74, 6) is 1.18. The van der Waals surface area contributed by atoms with Crippen molar-refractivity contribution in [1.29, 1.82) is 0 Å². The number of ether oxygens (including phenoxy) is 1. The van der Waals surface area contributed by atoms with Crippen LogP contribution in [-0.2, 0) is 24.3 Å². The van der Waals surface area contributed by atoms with Crippen LogP contribution in [0, 0.1) is 5.92 Å². The minimum atomic E-state index is -0.163. The topological polar surface area (TPSA) is 83.6 Å². The SMILES string of the molecule is COc1cccc(-c2ccc(CNC(=O)[C@H]3C[C@@H]3c3ccccc3)c3c2CCN(C(=O)Nc2cccnc2)C3)c1. The van der Waals surface area contributed by atoms with Gasteiger partial charge in [0.2, 0.25) is 5.91 Å². The Balaban J connectivity index is 1.24. The van der Waals surface area contributed by atoms with Crippen LogP contribution < -0.4 is 15.4 Å². The maximum atomic E-state index is 13.2. The number of nitrogens with zero attached hydrogens (tertiary/aromatic N) is 2. The van der Waals surface area contributed by atoms with Gasteiger partial charge < -0.3 is 20.3 Å². The highest BCUT2D eigenvalue weighted by atomic mass is 16.5. The fourth-order valence-electron chi connectivity index (χ4n) is 5.65. The predicted molar refractivity (Wildman–Crippen MR) is 155 cm³/mol. The smallest absolute Gasteiger partial charge is 0.322 e. The summed E-state index contributed by atoms with van der Waals surface area (Å²) in [7, 11) is 1.67. The molecule has 3 aromatic carbocycles. The van der Waals surface area contributed by atoms with Crippen LogP contribution >= 0.6 is 0 Å². The molecule has 0 unspecified atom stereocenters. The standard InChI is InChI=1S/C33H32N4O3/c1-40-26-11-5-9-23(17-26)27-13-12-24(19-35-32(38)30-18-29(30)22-7-3-2-4-8-22)31-21-37(16-14-28(27)31)33(39)36-25-10-6-15-34-20-25/h2-13,15,17,20,29-30H,14,16,18-19,21H2,1H3,(H,35,38)(H,36,39)/t29-,30+/m1/s1. The second-order valence-corrected chi connectivity index (χ2v) is 10.4. The lowest BCUT2D eigenvalue weighted by molar-refractivity contribution is -0.122. The average Bonchev–Trinajstić information content (AvgIpc) is 3.82. The van der Waals surface area contributed by atoms with Crippen LogP contribution in [0.4, 0.5) is 10.5 Å². The van der Waals surface area contributed by atoms with Crippen molar-refractivity contribution < 1.29 is 14.3 Å². The molecular formula is C33H32N4O3. The van der Waals surface area contributed by atoms with E-state index in [1.54, 1.807) is 25.6 Å². The second kappa shape index (κ2) is 11.2. The molecule has 202 valence electrons.